The summed E-state index contributed by atoms with van der Waals surface area (Å²) in [5.41, 5.74) is 4.31. The van der Waals surface area contributed by atoms with Gasteiger partial charge >= 0.3 is 0 Å². The van der Waals surface area contributed by atoms with Gasteiger partial charge in [-0.25, -0.2) is 0 Å². The van der Waals surface area contributed by atoms with Crippen LogP contribution < -0.4 is 5.32 Å². The first-order valence-electron chi connectivity index (χ1n) is 7.18. The molecule has 1 rings (SSSR count). The summed E-state index contributed by atoms with van der Waals surface area (Å²) in [4.78, 5) is 14.2. The lowest BCUT2D eigenvalue weighted by atomic mass is 10.1. The number of anilines is 1. The summed E-state index contributed by atoms with van der Waals surface area (Å²) in [7, 11) is 0. The zero-order valence-electron chi connectivity index (χ0n) is 13.4. The minimum absolute atomic E-state index is 0.00967. The molecule has 1 aromatic carbocycles. The lowest BCUT2D eigenvalue weighted by molar-refractivity contribution is -0.113. The van der Waals surface area contributed by atoms with Crippen LogP contribution in [0, 0.1) is 20.8 Å². The van der Waals surface area contributed by atoms with Crippen molar-refractivity contribution in [1.82, 2.24) is 4.90 Å². The normalized spacial score (nSPS) is 10.3. The molecule has 0 fully saturated rings. The van der Waals surface area contributed by atoms with E-state index in [4.69, 9.17) is 12.2 Å². The van der Waals surface area contributed by atoms with E-state index >= 15 is 0 Å². The van der Waals surface area contributed by atoms with Gasteiger partial charge < -0.3 is 10.2 Å². The molecule has 5 heteroatoms. The van der Waals surface area contributed by atoms with Crippen LogP contribution in [-0.2, 0) is 4.79 Å². The van der Waals surface area contributed by atoms with Crippen molar-refractivity contribution in [1.29, 1.82) is 0 Å². The molecule has 0 bridgehead atoms. The molecule has 0 aliphatic heterocycles. The third-order valence-electron chi connectivity index (χ3n) is 3.29. The van der Waals surface area contributed by atoms with Gasteiger partial charge in [-0.3, -0.25) is 4.79 Å². The van der Waals surface area contributed by atoms with Crippen LogP contribution >= 0.6 is 24.0 Å². The first-order valence-corrected chi connectivity index (χ1v) is 8.57. The van der Waals surface area contributed by atoms with Crippen LogP contribution in [0.4, 0.5) is 5.69 Å². The van der Waals surface area contributed by atoms with Crippen molar-refractivity contribution >= 4 is 39.9 Å². The fourth-order valence-electron chi connectivity index (χ4n) is 2.25. The number of benzene rings is 1. The Morgan fingerprint density at radius 3 is 2.19 bits per heavy atom. The smallest absolute Gasteiger partial charge is 0.234 e. The van der Waals surface area contributed by atoms with Gasteiger partial charge in [0.25, 0.3) is 0 Å². The molecule has 0 unspecified atom stereocenters. The molecule has 0 saturated heterocycles. The fourth-order valence-corrected chi connectivity index (χ4v) is 3.46. The number of thiocarbonyl (C=S) groups is 1. The Morgan fingerprint density at radius 2 is 1.71 bits per heavy atom. The summed E-state index contributed by atoms with van der Waals surface area (Å²) in [6.45, 7) is 12.0. The predicted molar refractivity (Wildman–Crippen MR) is 97.3 cm³/mol. The highest BCUT2D eigenvalue weighted by Gasteiger charge is 2.11. The molecule has 0 aliphatic rings. The largest absolute Gasteiger partial charge is 0.358 e. The van der Waals surface area contributed by atoms with E-state index in [0.717, 1.165) is 34.2 Å². The Morgan fingerprint density at radius 1 is 1.19 bits per heavy atom. The molecular formula is C16H24N2OS2. The highest BCUT2D eigenvalue weighted by molar-refractivity contribution is 8.23. The Kier molecular flexibility index (Phi) is 7.18. The second kappa shape index (κ2) is 8.39. The lowest BCUT2D eigenvalue weighted by Gasteiger charge is -2.20. The van der Waals surface area contributed by atoms with E-state index in [1.54, 1.807) is 0 Å². The van der Waals surface area contributed by atoms with Gasteiger partial charge in [-0.15, -0.1) is 0 Å². The molecule has 21 heavy (non-hydrogen) atoms. The molecule has 1 amide bonds. The summed E-state index contributed by atoms with van der Waals surface area (Å²) in [6, 6.07) is 4.16. The van der Waals surface area contributed by atoms with Crippen LogP contribution in [0.2, 0.25) is 0 Å². The number of carbonyl (C=O) groups is 1. The molecule has 3 nitrogen and oxygen atoms in total. The van der Waals surface area contributed by atoms with Gasteiger partial charge in [0.05, 0.1) is 5.75 Å². The van der Waals surface area contributed by atoms with Crippen LogP contribution in [0.5, 0.6) is 0 Å². The highest BCUT2D eigenvalue weighted by atomic mass is 32.2. The molecule has 0 atom stereocenters. The quantitative estimate of drug-likeness (QED) is 0.832. The number of hydrogen-bond acceptors (Lipinski definition) is 3. The van der Waals surface area contributed by atoms with E-state index in [1.165, 1.54) is 17.3 Å². The van der Waals surface area contributed by atoms with Crippen molar-refractivity contribution in [2.75, 3.05) is 24.2 Å². The fraction of sp³-hybridized carbons (Fsp3) is 0.500. The van der Waals surface area contributed by atoms with Gasteiger partial charge in [0.15, 0.2) is 0 Å². The minimum Gasteiger partial charge on any atom is -0.358 e. The Labute approximate surface area is 137 Å². The van der Waals surface area contributed by atoms with E-state index in [9.17, 15) is 4.79 Å². The molecule has 0 aromatic heterocycles. The lowest BCUT2D eigenvalue weighted by Crippen LogP contribution is -2.28. The average Bonchev–Trinajstić information content (AvgIpc) is 2.42. The molecule has 0 aliphatic carbocycles. The van der Waals surface area contributed by atoms with Crippen molar-refractivity contribution in [3.05, 3.63) is 28.8 Å². The van der Waals surface area contributed by atoms with Gasteiger partial charge in [0.1, 0.15) is 4.32 Å². The predicted octanol–water partition coefficient (Wildman–Crippen LogP) is 3.91. The molecule has 0 saturated carbocycles. The van der Waals surface area contributed by atoms with Crippen LogP contribution in [0.3, 0.4) is 0 Å². The van der Waals surface area contributed by atoms with Crippen molar-refractivity contribution in [2.24, 2.45) is 0 Å². The standard InChI is InChI=1S/C16H24N2OS2/c1-6-18(7-2)16(20)21-10-14(19)17-15-12(4)8-11(3)9-13(15)5/h8-9H,6-7,10H2,1-5H3,(H,17,19). The first kappa shape index (κ1) is 18.0. The van der Waals surface area contributed by atoms with Gasteiger partial charge in [-0.1, -0.05) is 41.7 Å². The van der Waals surface area contributed by atoms with Gasteiger partial charge in [-0.05, 0) is 45.7 Å². The summed E-state index contributed by atoms with van der Waals surface area (Å²) in [5.74, 6) is 0.340. The van der Waals surface area contributed by atoms with E-state index in [2.05, 4.69) is 43.1 Å². The van der Waals surface area contributed by atoms with Crippen molar-refractivity contribution < 1.29 is 4.79 Å². The second-order valence-corrected chi connectivity index (χ2v) is 6.66. The maximum atomic E-state index is 12.1. The maximum Gasteiger partial charge on any atom is 0.234 e. The van der Waals surface area contributed by atoms with E-state index in [-0.39, 0.29) is 5.91 Å². The first-order chi connectivity index (χ1) is 9.88. The zero-order valence-corrected chi connectivity index (χ0v) is 15.1. The molecule has 0 radical (unpaired) electrons. The van der Waals surface area contributed by atoms with Gasteiger partial charge in [-0.2, -0.15) is 0 Å². The Hall–Kier alpha value is -1.07. The molecule has 0 heterocycles. The molecule has 1 N–H and O–H groups in total. The number of amides is 1. The van der Waals surface area contributed by atoms with E-state index in [0.29, 0.717) is 5.75 Å². The zero-order chi connectivity index (χ0) is 16.0. The summed E-state index contributed by atoms with van der Waals surface area (Å²) >= 11 is 6.76. The van der Waals surface area contributed by atoms with E-state index < -0.39 is 0 Å². The summed E-state index contributed by atoms with van der Waals surface area (Å²) < 4.78 is 0.785. The number of rotatable bonds is 5. The van der Waals surface area contributed by atoms with Crippen molar-refractivity contribution in [3.63, 3.8) is 0 Å². The molecule has 1 aromatic rings. The summed E-state index contributed by atoms with van der Waals surface area (Å²) in [6.07, 6.45) is 0. The number of carbonyl (C=O) groups excluding carboxylic acids is 1. The van der Waals surface area contributed by atoms with Gasteiger partial charge in [0.2, 0.25) is 5.91 Å². The average molecular weight is 325 g/mol. The SMILES string of the molecule is CCN(CC)C(=S)SCC(=O)Nc1c(C)cc(C)cc1C. The number of thioether (sulfide) groups is 1. The topological polar surface area (TPSA) is 32.3 Å². The third-order valence-corrected chi connectivity index (χ3v) is 4.81. The van der Waals surface area contributed by atoms with Crippen molar-refractivity contribution in [3.8, 4) is 0 Å². The monoisotopic (exact) mass is 324 g/mol. The molecule has 116 valence electrons. The third kappa shape index (κ3) is 5.32. The van der Waals surface area contributed by atoms with E-state index in [1.807, 2.05) is 13.8 Å². The molecule has 0 spiro atoms. The summed E-state index contributed by atoms with van der Waals surface area (Å²) in [5, 5.41) is 3.00. The number of nitrogens with zero attached hydrogens (tertiary/aromatic N) is 1. The number of nitrogens with one attached hydrogen (secondary N) is 1. The number of aryl methyl sites for hydroxylation is 3. The van der Waals surface area contributed by atoms with Crippen LogP contribution in [0.1, 0.15) is 30.5 Å². The highest BCUT2D eigenvalue weighted by Crippen LogP contribution is 2.22. The maximum absolute atomic E-state index is 12.1. The molecular weight excluding hydrogens is 300 g/mol. The van der Waals surface area contributed by atoms with Crippen LogP contribution in [0.15, 0.2) is 12.1 Å². The van der Waals surface area contributed by atoms with Crippen LogP contribution in [0.25, 0.3) is 0 Å². The minimum atomic E-state index is -0.00967. The Balaban J connectivity index is 2.61. The number of hydrogen-bond donors (Lipinski definition) is 1. The second-order valence-electron chi connectivity index (χ2n) is 5.05. The Bertz CT molecular complexity index is 502. The van der Waals surface area contributed by atoms with Gasteiger partial charge in [0, 0.05) is 18.8 Å². The van der Waals surface area contributed by atoms with Crippen molar-refractivity contribution in [2.45, 2.75) is 34.6 Å². The van der Waals surface area contributed by atoms with Crippen LogP contribution in [-0.4, -0.2) is 34.0 Å².